The monoisotopic (exact) mass is 455 g/mol. The highest BCUT2D eigenvalue weighted by Gasteiger charge is 2.25. The summed E-state index contributed by atoms with van der Waals surface area (Å²) in [5, 5.41) is 16.8. The van der Waals surface area contributed by atoms with Crippen LogP contribution in [0.5, 0.6) is 5.75 Å². The van der Waals surface area contributed by atoms with Gasteiger partial charge in [-0.3, -0.25) is 9.78 Å². The Morgan fingerprint density at radius 3 is 2.56 bits per heavy atom. The molecule has 2 heterocycles. The lowest BCUT2D eigenvalue weighted by Crippen LogP contribution is -2.43. The number of ether oxygens (including phenoxy) is 1. The maximum Gasteiger partial charge on any atom is 0.251 e. The fourth-order valence-electron chi connectivity index (χ4n) is 4.86. The minimum atomic E-state index is -0.0135. The lowest BCUT2D eigenvalue weighted by Gasteiger charge is -2.30. The molecule has 1 aromatic heterocycles. The topological polar surface area (TPSA) is 90.3 Å². The number of fused-ring (bicyclic) bond motifs is 1. The van der Waals surface area contributed by atoms with Crippen LogP contribution >= 0.6 is 0 Å². The molecule has 2 aromatic carbocycles. The summed E-state index contributed by atoms with van der Waals surface area (Å²) >= 11 is 0. The molecule has 1 saturated heterocycles. The highest BCUT2D eigenvalue weighted by atomic mass is 16.5. The minimum Gasteiger partial charge on any atom is -0.490 e. The zero-order chi connectivity index (χ0) is 23.3. The van der Waals surface area contributed by atoms with Crippen LogP contribution in [0.3, 0.4) is 0 Å². The predicted molar refractivity (Wildman–Crippen MR) is 132 cm³/mol. The number of nitrogens with one attached hydrogen (secondary N) is 2. The summed E-state index contributed by atoms with van der Waals surface area (Å²) in [5.41, 5.74) is 3.09. The van der Waals surface area contributed by atoms with Gasteiger partial charge in [-0.1, -0.05) is 0 Å². The largest absolute Gasteiger partial charge is 0.490 e. The molecule has 5 rings (SSSR count). The van der Waals surface area contributed by atoms with Crippen LogP contribution in [-0.4, -0.2) is 49.2 Å². The maximum absolute atomic E-state index is 12.8. The van der Waals surface area contributed by atoms with Crippen molar-refractivity contribution in [3.63, 3.8) is 0 Å². The first-order chi connectivity index (χ1) is 16.7. The second kappa shape index (κ2) is 10.1. The van der Waals surface area contributed by atoms with Gasteiger partial charge in [0.15, 0.2) is 0 Å². The molecular formula is C27H29N5O2. The van der Waals surface area contributed by atoms with Gasteiger partial charge >= 0.3 is 0 Å². The first kappa shape index (κ1) is 22.2. The number of benzene rings is 2. The fourth-order valence-corrected chi connectivity index (χ4v) is 4.86. The second-order valence-corrected chi connectivity index (χ2v) is 8.97. The summed E-state index contributed by atoms with van der Waals surface area (Å²) in [4.78, 5) is 19.5. The standard InChI is InChI=1S/C27H29N5O2/c28-18-20-5-12-25(24-2-1-13-30-26(20)24)34-23-10-6-21(7-11-23)31-27(33)19-3-8-22(9-4-19)32-16-14-29-15-17-32/h1-5,8-9,12-13,21,23,29H,6-7,10-11,14-17H2,(H,31,33). The maximum atomic E-state index is 12.8. The first-order valence-electron chi connectivity index (χ1n) is 12.0. The van der Waals surface area contributed by atoms with Gasteiger partial charge in [0.1, 0.15) is 11.8 Å². The Hall–Kier alpha value is -3.63. The van der Waals surface area contributed by atoms with E-state index in [0.717, 1.165) is 63.0 Å². The Bertz CT molecular complexity index is 1190. The first-order valence-corrected chi connectivity index (χ1v) is 12.0. The molecule has 1 saturated carbocycles. The number of hydrogen-bond acceptors (Lipinski definition) is 6. The van der Waals surface area contributed by atoms with Gasteiger partial charge < -0.3 is 20.3 Å². The average Bonchev–Trinajstić information content (AvgIpc) is 2.90. The normalized spacial score (nSPS) is 20.5. The number of aromatic nitrogens is 1. The molecule has 0 bridgehead atoms. The van der Waals surface area contributed by atoms with Gasteiger partial charge in [0, 0.05) is 55.1 Å². The molecule has 7 heteroatoms. The summed E-state index contributed by atoms with van der Waals surface area (Å²) in [5.74, 6) is 0.750. The van der Waals surface area contributed by atoms with Crippen molar-refractivity contribution in [3.05, 3.63) is 65.9 Å². The molecule has 2 fully saturated rings. The summed E-state index contributed by atoms with van der Waals surface area (Å²) in [6, 6.07) is 17.7. The highest BCUT2D eigenvalue weighted by Crippen LogP contribution is 2.31. The van der Waals surface area contributed by atoms with Gasteiger partial charge in [-0.15, -0.1) is 0 Å². The fraction of sp³-hybridized carbons (Fsp3) is 0.370. The van der Waals surface area contributed by atoms with E-state index < -0.39 is 0 Å². The van der Waals surface area contributed by atoms with Crippen molar-refractivity contribution in [2.45, 2.75) is 37.8 Å². The van der Waals surface area contributed by atoms with E-state index in [1.807, 2.05) is 42.5 Å². The predicted octanol–water partition coefficient (Wildman–Crippen LogP) is 3.64. The number of piperazine rings is 1. The van der Waals surface area contributed by atoms with Gasteiger partial charge in [0.2, 0.25) is 0 Å². The van der Waals surface area contributed by atoms with E-state index in [1.165, 1.54) is 5.69 Å². The van der Waals surface area contributed by atoms with Gasteiger partial charge in [-0.05, 0) is 74.2 Å². The van der Waals surface area contributed by atoms with Gasteiger partial charge in [-0.2, -0.15) is 5.26 Å². The van der Waals surface area contributed by atoms with Crippen molar-refractivity contribution < 1.29 is 9.53 Å². The number of carbonyl (C=O) groups excluding carboxylic acids is 1. The molecule has 1 amide bonds. The Labute approximate surface area is 199 Å². The molecule has 0 spiro atoms. The van der Waals surface area contributed by atoms with Crippen LogP contribution in [0, 0.1) is 11.3 Å². The number of nitriles is 1. The van der Waals surface area contributed by atoms with Gasteiger partial charge in [0.25, 0.3) is 5.91 Å². The van der Waals surface area contributed by atoms with Crippen molar-refractivity contribution in [1.29, 1.82) is 5.26 Å². The molecule has 7 nitrogen and oxygen atoms in total. The molecular weight excluding hydrogens is 426 g/mol. The van der Waals surface area contributed by atoms with Crippen molar-refractivity contribution in [2.24, 2.45) is 0 Å². The third-order valence-electron chi connectivity index (χ3n) is 6.76. The van der Waals surface area contributed by atoms with Crippen LogP contribution in [0.15, 0.2) is 54.7 Å². The van der Waals surface area contributed by atoms with E-state index in [0.29, 0.717) is 16.6 Å². The van der Waals surface area contributed by atoms with E-state index in [2.05, 4.69) is 26.6 Å². The number of amides is 1. The molecule has 1 aliphatic heterocycles. The third kappa shape index (κ3) is 4.82. The van der Waals surface area contributed by atoms with Crippen LogP contribution in [0.2, 0.25) is 0 Å². The van der Waals surface area contributed by atoms with E-state index in [-0.39, 0.29) is 18.1 Å². The molecule has 0 unspecified atom stereocenters. The zero-order valence-electron chi connectivity index (χ0n) is 19.2. The molecule has 2 aliphatic rings. The van der Waals surface area contributed by atoms with E-state index in [9.17, 15) is 10.1 Å². The van der Waals surface area contributed by atoms with Crippen LogP contribution < -0.4 is 20.3 Å². The minimum absolute atomic E-state index is 0.0135. The van der Waals surface area contributed by atoms with Crippen molar-refractivity contribution in [1.82, 2.24) is 15.6 Å². The van der Waals surface area contributed by atoms with Gasteiger partial charge in [-0.25, -0.2) is 0 Å². The number of nitrogens with zero attached hydrogens (tertiary/aromatic N) is 3. The SMILES string of the molecule is N#Cc1ccc(OC2CCC(NC(=O)c3ccc(N4CCNCC4)cc3)CC2)c2cccnc12. The van der Waals surface area contributed by atoms with Crippen LogP contribution in [0.25, 0.3) is 10.9 Å². The Balaban J connectivity index is 1.15. The molecule has 1 aliphatic carbocycles. The van der Waals surface area contributed by atoms with E-state index in [1.54, 1.807) is 12.3 Å². The quantitative estimate of drug-likeness (QED) is 0.611. The Kier molecular flexibility index (Phi) is 6.59. The molecule has 34 heavy (non-hydrogen) atoms. The average molecular weight is 456 g/mol. The molecule has 0 radical (unpaired) electrons. The Morgan fingerprint density at radius 2 is 1.82 bits per heavy atom. The molecule has 0 atom stereocenters. The number of rotatable bonds is 5. The summed E-state index contributed by atoms with van der Waals surface area (Å²) in [7, 11) is 0. The molecule has 174 valence electrons. The smallest absolute Gasteiger partial charge is 0.251 e. The molecule has 2 N–H and O–H groups in total. The number of hydrogen-bond donors (Lipinski definition) is 2. The van der Waals surface area contributed by atoms with E-state index in [4.69, 9.17) is 4.74 Å². The third-order valence-corrected chi connectivity index (χ3v) is 6.76. The lowest BCUT2D eigenvalue weighted by molar-refractivity contribution is 0.0895. The number of anilines is 1. The van der Waals surface area contributed by atoms with Crippen molar-refractivity contribution in [3.8, 4) is 11.8 Å². The van der Waals surface area contributed by atoms with Crippen LogP contribution in [-0.2, 0) is 0 Å². The second-order valence-electron chi connectivity index (χ2n) is 8.97. The van der Waals surface area contributed by atoms with Crippen molar-refractivity contribution >= 4 is 22.5 Å². The number of pyridine rings is 1. The van der Waals surface area contributed by atoms with Crippen LogP contribution in [0.4, 0.5) is 5.69 Å². The van der Waals surface area contributed by atoms with Crippen molar-refractivity contribution in [2.75, 3.05) is 31.1 Å². The summed E-state index contributed by atoms with van der Waals surface area (Å²) in [6.45, 7) is 3.97. The van der Waals surface area contributed by atoms with Crippen LogP contribution in [0.1, 0.15) is 41.6 Å². The van der Waals surface area contributed by atoms with Gasteiger partial charge in [0.05, 0.1) is 17.2 Å². The Morgan fingerprint density at radius 1 is 1.06 bits per heavy atom. The molecule has 3 aromatic rings. The number of carbonyl (C=O) groups is 1. The zero-order valence-corrected chi connectivity index (χ0v) is 19.2. The summed E-state index contributed by atoms with van der Waals surface area (Å²) < 4.78 is 6.31. The summed E-state index contributed by atoms with van der Waals surface area (Å²) in [6.07, 6.45) is 5.27. The highest BCUT2D eigenvalue weighted by molar-refractivity contribution is 5.94. The lowest BCUT2D eigenvalue weighted by atomic mass is 9.92. The van der Waals surface area contributed by atoms with E-state index >= 15 is 0 Å².